The molecule has 1 aromatic carbocycles. The van der Waals surface area contributed by atoms with Gasteiger partial charge in [-0.1, -0.05) is 12.1 Å². The molecule has 1 aliphatic rings. The maximum atomic E-state index is 12.4. The van der Waals surface area contributed by atoms with Crippen LogP contribution in [0.4, 0.5) is 23.0 Å². The molecule has 0 spiro atoms. The highest BCUT2D eigenvalue weighted by molar-refractivity contribution is 5.90. The summed E-state index contributed by atoms with van der Waals surface area (Å²) in [7, 11) is 2.06. The number of aromatic nitrogens is 1. The normalized spacial score (nSPS) is 15.1. The lowest BCUT2D eigenvalue weighted by Crippen LogP contribution is -2.46. The van der Waals surface area contributed by atoms with Crippen molar-refractivity contribution in [3.8, 4) is 5.75 Å². The van der Waals surface area contributed by atoms with E-state index < -0.39 is 0 Å². The lowest BCUT2D eigenvalue weighted by atomic mass is 10.3. The van der Waals surface area contributed by atoms with E-state index in [1.807, 2.05) is 0 Å². The van der Waals surface area contributed by atoms with Crippen LogP contribution in [0.25, 0.3) is 0 Å². The van der Waals surface area contributed by atoms with Crippen molar-refractivity contribution in [3.63, 3.8) is 0 Å². The molecule has 2 heterocycles. The number of amides is 1. The Morgan fingerprint density at radius 2 is 1.81 bits per heavy atom. The van der Waals surface area contributed by atoms with Crippen LogP contribution in [0.1, 0.15) is 6.42 Å². The van der Waals surface area contributed by atoms with E-state index in [0.29, 0.717) is 22.9 Å². The molecule has 0 aliphatic carbocycles. The molecule has 1 saturated heterocycles. The van der Waals surface area contributed by atoms with Crippen LogP contribution in [0.3, 0.4) is 0 Å². The molecule has 3 rings (SSSR count). The van der Waals surface area contributed by atoms with Gasteiger partial charge in [0.2, 0.25) is 5.91 Å². The van der Waals surface area contributed by atoms with E-state index in [2.05, 4.69) is 37.4 Å². The zero-order chi connectivity index (χ0) is 22.9. The molecule has 2 aromatic rings. The summed E-state index contributed by atoms with van der Waals surface area (Å²) in [5, 5.41) is 10.9. The van der Waals surface area contributed by atoms with Crippen molar-refractivity contribution < 1.29 is 14.3 Å². The van der Waals surface area contributed by atoms with Crippen molar-refractivity contribution in [2.75, 3.05) is 57.4 Å². The van der Waals surface area contributed by atoms with Gasteiger partial charge < -0.3 is 26.4 Å². The first-order chi connectivity index (χ1) is 15.4. The minimum absolute atomic E-state index is 0.101. The third-order valence-corrected chi connectivity index (χ3v) is 4.84. The number of pyridine rings is 1. The van der Waals surface area contributed by atoms with Crippen LogP contribution in [0.5, 0.6) is 5.75 Å². The van der Waals surface area contributed by atoms with Crippen molar-refractivity contribution in [2.45, 2.75) is 6.42 Å². The summed E-state index contributed by atoms with van der Waals surface area (Å²) in [5.41, 5.74) is 12.0. The Labute approximate surface area is 186 Å². The molecule has 0 saturated carbocycles. The van der Waals surface area contributed by atoms with Gasteiger partial charge in [-0.3, -0.25) is 14.5 Å². The smallest absolute Gasteiger partial charge is 0.325 e. The summed E-state index contributed by atoms with van der Waals surface area (Å²) in [6.45, 7) is 3.94. The number of nitrogens with one attached hydrogen (secondary N) is 1. The molecule has 0 atom stereocenters. The molecular formula is C21H28N8O3. The summed E-state index contributed by atoms with van der Waals surface area (Å²) in [6.07, 6.45) is 0.188. The number of esters is 1. The second kappa shape index (κ2) is 11.3. The van der Waals surface area contributed by atoms with Gasteiger partial charge in [-0.05, 0) is 31.3 Å². The maximum Gasteiger partial charge on any atom is 0.325 e. The highest BCUT2D eigenvalue weighted by atomic mass is 16.5. The fourth-order valence-electron chi connectivity index (χ4n) is 3.04. The summed E-state index contributed by atoms with van der Waals surface area (Å²) in [5.74, 6) is 0.117. The average Bonchev–Trinajstić information content (AvgIpc) is 2.76. The number of nitrogen functional groups attached to an aromatic ring is 1. The monoisotopic (exact) mass is 440 g/mol. The molecule has 32 heavy (non-hydrogen) atoms. The molecule has 0 radical (unpaired) electrons. The number of piperazine rings is 1. The van der Waals surface area contributed by atoms with Crippen LogP contribution in [-0.4, -0.2) is 73.0 Å². The fraction of sp³-hybridized carbons (Fsp3) is 0.381. The molecule has 5 N–H and O–H groups in total. The van der Waals surface area contributed by atoms with Gasteiger partial charge >= 0.3 is 5.97 Å². The van der Waals surface area contributed by atoms with Gasteiger partial charge in [-0.2, -0.15) is 0 Å². The predicted molar refractivity (Wildman–Crippen MR) is 121 cm³/mol. The number of carbonyl (C=O) groups excluding carboxylic acids is 2. The van der Waals surface area contributed by atoms with Gasteiger partial charge in [0.15, 0.2) is 11.6 Å². The van der Waals surface area contributed by atoms with Gasteiger partial charge in [-0.15, -0.1) is 10.2 Å². The number of rotatable bonds is 8. The number of hydrogen-bond donors (Lipinski definition) is 3. The minimum Gasteiger partial charge on any atom is -0.423 e. The maximum absolute atomic E-state index is 12.4. The van der Waals surface area contributed by atoms with Crippen LogP contribution >= 0.6 is 0 Å². The number of para-hydroxylation sites is 1. The molecule has 170 valence electrons. The van der Waals surface area contributed by atoms with Gasteiger partial charge in [0.25, 0.3) is 0 Å². The van der Waals surface area contributed by atoms with Crippen molar-refractivity contribution >= 4 is 34.9 Å². The topological polar surface area (TPSA) is 152 Å². The SMILES string of the molecule is CN1CCN(CC(=O)Oc2ccccc2/N=N/c2ccc(NC(=O)CCN)nc2N)CC1. The number of ether oxygens (including phenoxy) is 1. The minimum atomic E-state index is -0.351. The molecule has 1 amide bonds. The number of nitrogens with two attached hydrogens (primary N) is 2. The molecular weight excluding hydrogens is 412 g/mol. The van der Waals surface area contributed by atoms with Gasteiger partial charge in [0.1, 0.15) is 17.2 Å². The molecule has 11 nitrogen and oxygen atoms in total. The number of nitrogens with zero attached hydrogens (tertiary/aromatic N) is 5. The summed E-state index contributed by atoms with van der Waals surface area (Å²) in [6, 6.07) is 10.0. The van der Waals surface area contributed by atoms with Crippen LogP contribution in [0.15, 0.2) is 46.6 Å². The lowest BCUT2D eigenvalue weighted by molar-refractivity contribution is -0.136. The molecule has 1 fully saturated rings. The van der Waals surface area contributed by atoms with E-state index in [1.54, 1.807) is 36.4 Å². The Morgan fingerprint density at radius 3 is 2.53 bits per heavy atom. The van der Waals surface area contributed by atoms with E-state index in [4.69, 9.17) is 16.2 Å². The van der Waals surface area contributed by atoms with Crippen LogP contribution in [0.2, 0.25) is 0 Å². The van der Waals surface area contributed by atoms with Crippen molar-refractivity contribution in [2.24, 2.45) is 16.0 Å². The largest absolute Gasteiger partial charge is 0.423 e. The Morgan fingerprint density at radius 1 is 1.09 bits per heavy atom. The summed E-state index contributed by atoms with van der Waals surface area (Å²) in [4.78, 5) is 32.4. The van der Waals surface area contributed by atoms with E-state index >= 15 is 0 Å². The number of benzene rings is 1. The number of likely N-dealkylation sites (N-methyl/N-ethyl adjacent to an activating group) is 1. The van der Waals surface area contributed by atoms with Crippen LogP contribution in [0, 0.1) is 0 Å². The quantitative estimate of drug-likeness (QED) is 0.317. The van der Waals surface area contributed by atoms with E-state index in [-0.39, 0.29) is 37.2 Å². The second-order valence-electron chi connectivity index (χ2n) is 7.41. The van der Waals surface area contributed by atoms with Gasteiger partial charge in [0, 0.05) is 39.1 Å². The zero-order valence-corrected chi connectivity index (χ0v) is 18.0. The van der Waals surface area contributed by atoms with Crippen molar-refractivity contribution in [3.05, 3.63) is 36.4 Å². The van der Waals surface area contributed by atoms with E-state index in [0.717, 1.165) is 26.2 Å². The van der Waals surface area contributed by atoms with Gasteiger partial charge in [0.05, 0.1) is 6.54 Å². The third-order valence-electron chi connectivity index (χ3n) is 4.84. The van der Waals surface area contributed by atoms with Crippen molar-refractivity contribution in [1.29, 1.82) is 0 Å². The molecule has 0 bridgehead atoms. The Balaban J connectivity index is 1.64. The lowest BCUT2D eigenvalue weighted by Gasteiger charge is -2.31. The zero-order valence-electron chi connectivity index (χ0n) is 18.0. The summed E-state index contributed by atoms with van der Waals surface area (Å²) >= 11 is 0. The Hall–Kier alpha value is -3.41. The van der Waals surface area contributed by atoms with Crippen molar-refractivity contribution in [1.82, 2.24) is 14.8 Å². The average molecular weight is 441 g/mol. The molecule has 11 heteroatoms. The van der Waals surface area contributed by atoms with Crippen LogP contribution in [-0.2, 0) is 9.59 Å². The third kappa shape index (κ3) is 6.80. The fourth-order valence-corrected chi connectivity index (χ4v) is 3.04. The number of hydrogen-bond acceptors (Lipinski definition) is 10. The van der Waals surface area contributed by atoms with Crippen LogP contribution < -0.4 is 21.5 Å². The molecule has 1 aromatic heterocycles. The van der Waals surface area contributed by atoms with Gasteiger partial charge in [-0.25, -0.2) is 4.98 Å². The summed E-state index contributed by atoms with van der Waals surface area (Å²) < 4.78 is 5.53. The highest BCUT2D eigenvalue weighted by Crippen LogP contribution is 2.30. The first-order valence-corrected chi connectivity index (χ1v) is 10.3. The number of anilines is 2. The molecule has 1 aliphatic heterocycles. The Kier molecular flexibility index (Phi) is 8.20. The Bertz CT molecular complexity index is 973. The number of azo groups is 1. The van der Waals surface area contributed by atoms with E-state index in [9.17, 15) is 9.59 Å². The first kappa shape index (κ1) is 23.3. The highest BCUT2D eigenvalue weighted by Gasteiger charge is 2.18. The second-order valence-corrected chi connectivity index (χ2v) is 7.41. The predicted octanol–water partition coefficient (Wildman–Crippen LogP) is 1.52. The standard InChI is InChI=1S/C21H28N8O3/c1-28-10-12-29(13-11-28)14-20(31)32-17-5-3-2-4-15(17)26-27-16-6-7-18(25-21(16)23)24-19(30)8-9-22/h2-7H,8-14,22H2,1H3,(H3,23,24,25,30)/b27-26+. The molecule has 0 unspecified atom stereocenters. The first-order valence-electron chi connectivity index (χ1n) is 10.3. The number of carbonyl (C=O) groups is 2. The van der Waals surface area contributed by atoms with E-state index in [1.165, 1.54) is 0 Å².